The van der Waals surface area contributed by atoms with Crippen LogP contribution >= 0.6 is 24.0 Å². The van der Waals surface area contributed by atoms with Crippen LogP contribution < -0.4 is 5.32 Å². The Labute approximate surface area is 169 Å². The minimum atomic E-state index is 0. The number of nitrogens with one attached hydrogen (secondary N) is 1. The monoisotopic (exact) mass is 457 g/mol. The van der Waals surface area contributed by atoms with E-state index in [0.717, 1.165) is 38.8 Å². The molecular weight excluding hydrogens is 425 g/mol. The summed E-state index contributed by atoms with van der Waals surface area (Å²) < 4.78 is 5.64. The number of rotatable bonds is 3. The summed E-state index contributed by atoms with van der Waals surface area (Å²) in [7, 11) is 1.89. The smallest absolute Gasteiger partial charge is 0.193 e. The molecule has 1 aromatic rings. The van der Waals surface area contributed by atoms with Gasteiger partial charge in [-0.2, -0.15) is 0 Å². The highest BCUT2D eigenvalue weighted by atomic mass is 127. The molecule has 2 aliphatic heterocycles. The molecule has 140 valence electrons. The van der Waals surface area contributed by atoms with Crippen LogP contribution in [0.25, 0.3) is 0 Å². The first kappa shape index (κ1) is 20.5. The van der Waals surface area contributed by atoms with Gasteiger partial charge in [0.2, 0.25) is 0 Å². The maximum Gasteiger partial charge on any atom is 0.193 e. The fraction of sp³-hybridized carbons (Fsp3) is 0.650. The van der Waals surface area contributed by atoms with Crippen molar-refractivity contribution in [3.05, 3.63) is 35.4 Å². The molecule has 1 N–H and O–H groups in total. The van der Waals surface area contributed by atoms with Crippen molar-refractivity contribution in [2.24, 2.45) is 10.4 Å². The van der Waals surface area contributed by atoms with E-state index in [1.165, 1.54) is 24.0 Å². The summed E-state index contributed by atoms with van der Waals surface area (Å²) >= 11 is 0. The summed E-state index contributed by atoms with van der Waals surface area (Å²) in [5.74, 6) is 1.03. The van der Waals surface area contributed by atoms with Crippen molar-refractivity contribution in [1.29, 1.82) is 0 Å². The van der Waals surface area contributed by atoms with Crippen molar-refractivity contribution < 1.29 is 4.74 Å². The molecule has 0 aromatic heterocycles. The number of likely N-dealkylation sites (tertiary alicyclic amines) is 1. The summed E-state index contributed by atoms with van der Waals surface area (Å²) in [5, 5.41) is 3.61. The Morgan fingerprint density at radius 3 is 2.60 bits per heavy atom. The van der Waals surface area contributed by atoms with Crippen LogP contribution in [0.5, 0.6) is 0 Å². The van der Waals surface area contributed by atoms with Gasteiger partial charge in [-0.05, 0) is 25.3 Å². The number of guanidine groups is 1. The van der Waals surface area contributed by atoms with Crippen LogP contribution in [0.4, 0.5) is 0 Å². The molecule has 1 aromatic carbocycles. The van der Waals surface area contributed by atoms with Gasteiger partial charge in [-0.1, -0.05) is 43.7 Å². The average molecular weight is 457 g/mol. The van der Waals surface area contributed by atoms with E-state index in [1.54, 1.807) is 0 Å². The molecule has 0 bridgehead atoms. The molecule has 25 heavy (non-hydrogen) atoms. The Hall–Kier alpha value is -0.820. The number of halogens is 1. The zero-order valence-corrected chi connectivity index (χ0v) is 18.3. The number of hydrogen-bond donors (Lipinski definition) is 1. The van der Waals surface area contributed by atoms with E-state index >= 15 is 0 Å². The number of hydrogen-bond acceptors (Lipinski definition) is 2. The zero-order chi connectivity index (χ0) is 17.2. The second-order valence-corrected chi connectivity index (χ2v) is 8.12. The number of nitrogens with zero attached hydrogens (tertiary/aromatic N) is 2. The molecule has 2 fully saturated rings. The SMILES string of the molecule is CN=C(NCC(C)(C)c1ccc(C)cc1)N1CCC2(CCOC2)C1.I. The van der Waals surface area contributed by atoms with Crippen molar-refractivity contribution in [1.82, 2.24) is 10.2 Å². The van der Waals surface area contributed by atoms with E-state index in [-0.39, 0.29) is 29.4 Å². The number of aryl methyl sites for hydroxylation is 1. The van der Waals surface area contributed by atoms with Crippen molar-refractivity contribution in [3.63, 3.8) is 0 Å². The number of ether oxygens (including phenoxy) is 1. The van der Waals surface area contributed by atoms with Crippen molar-refractivity contribution in [2.45, 2.75) is 39.0 Å². The first-order valence-electron chi connectivity index (χ1n) is 9.05. The van der Waals surface area contributed by atoms with Gasteiger partial charge in [0.05, 0.1) is 6.61 Å². The van der Waals surface area contributed by atoms with Gasteiger partial charge in [0.25, 0.3) is 0 Å². The van der Waals surface area contributed by atoms with Gasteiger partial charge in [0, 0.05) is 44.1 Å². The second kappa shape index (κ2) is 8.25. The van der Waals surface area contributed by atoms with Gasteiger partial charge < -0.3 is 15.0 Å². The number of benzene rings is 1. The van der Waals surface area contributed by atoms with E-state index in [2.05, 4.69) is 60.2 Å². The van der Waals surface area contributed by atoms with E-state index < -0.39 is 0 Å². The summed E-state index contributed by atoms with van der Waals surface area (Å²) in [6, 6.07) is 8.85. The highest BCUT2D eigenvalue weighted by Gasteiger charge is 2.42. The second-order valence-electron chi connectivity index (χ2n) is 8.12. The molecule has 0 radical (unpaired) electrons. The fourth-order valence-electron chi connectivity index (χ4n) is 3.83. The van der Waals surface area contributed by atoms with Crippen molar-refractivity contribution >= 4 is 29.9 Å². The first-order valence-corrected chi connectivity index (χ1v) is 9.05. The molecular formula is C20H32IN3O. The molecule has 5 heteroatoms. The third kappa shape index (κ3) is 4.67. The van der Waals surface area contributed by atoms with Crippen molar-refractivity contribution in [3.8, 4) is 0 Å². The van der Waals surface area contributed by atoms with Crippen LogP contribution in [0.1, 0.15) is 37.8 Å². The molecule has 2 aliphatic rings. The van der Waals surface area contributed by atoms with Gasteiger partial charge in [0.15, 0.2) is 5.96 Å². The molecule has 1 unspecified atom stereocenters. The molecule has 0 amide bonds. The Balaban J connectivity index is 0.00000225. The lowest BCUT2D eigenvalue weighted by atomic mass is 9.84. The lowest BCUT2D eigenvalue weighted by Crippen LogP contribution is -2.45. The maximum atomic E-state index is 5.64. The highest BCUT2D eigenvalue weighted by molar-refractivity contribution is 14.0. The summed E-state index contributed by atoms with van der Waals surface area (Å²) in [6.07, 6.45) is 2.41. The lowest BCUT2D eigenvalue weighted by molar-refractivity contribution is 0.156. The molecule has 3 rings (SSSR count). The van der Waals surface area contributed by atoms with Gasteiger partial charge in [-0.15, -0.1) is 24.0 Å². The largest absolute Gasteiger partial charge is 0.381 e. The van der Waals surface area contributed by atoms with Crippen LogP contribution in [-0.4, -0.2) is 50.8 Å². The minimum absolute atomic E-state index is 0. The topological polar surface area (TPSA) is 36.9 Å². The summed E-state index contributed by atoms with van der Waals surface area (Å²) in [4.78, 5) is 6.93. The van der Waals surface area contributed by atoms with Gasteiger partial charge in [-0.3, -0.25) is 4.99 Å². The van der Waals surface area contributed by atoms with E-state index in [1.807, 2.05) is 7.05 Å². The predicted molar refractivity (Wildman–Crippen MR) is 115 cm³/mol. The Morgan fingerprint density at radius 1 is 1.28 bits per heavy atom. The summed E-state index contributed by atoms with van der Waals surface area (Å²) in [5.41, 5.74) is 3.10. The predicted octanol–water partition coefficient (Wildman–Crippen LogP) is 3.58. The Kier molecular flexibility index (Phi) is 6.76. The van der Waals surface area contributed by atoms with Crippen LogP contribution in [0.3, 0.4) is 0 Å². The average Bonchev–Trinajstić information content (AvgIpc) is 3.19. The minimum Gasteiger partial charge on any atom is -0.381 e. The maximum absolute atomic E-state index is 5.64. The molecule has 1 atom stereocenters. The molecule has 2 saturated heterocycles. The molecule has 0 aliphatic carbocycles. The first-order chi connectivity index (χ1) is 11.4. The fourth-order valence-corrected chi connectivity index (χ4v) is 3.83. The zero-order valence-electron chi connectivity index (χ0n) is 16.0. The van der Waals surface area contributed by atoms with Crippen LogP contribution in [0, 0.1) is 12.3 Å². The number of aliphatic imine (C=N–C) groups is 1. The van der Waals surface area contributed by atoms with Gasteiger partial charge >= 0.3 is 0 Å². The molecule has 4 nitrogen and oxygen atoms in total. The Bertz CT molecular complexity index is 591. The molecule has 0 saturated carbocycles. The van der Waals surface area contributed by atoms with E-state index in [4.69, 9.17) is 4.74 Å². The van der Waals surface area contributed by atoms with E-state index in [0.29, 0.717) is 5.41 Å². The molecule has 2 heterocycles. The Morgan fingerprint density at radius 2 is 2.00 bits per heavy atom. The highest BCUT2D eigenvalue weighted by Crippen LogP contribution is 2.38. The van der Waals surface area contributed by atoms with Crippen LogP contribution in [-0.2, 0) is 10.2 Å². The molecule has 1 spiro atoms. The van der Waals surface area contributed by atoms with Crippen LogP contribution in [0.15, 0.2) is 29.3 Å². The summed E-state index contributed by atoms with van der Waals surface area (Å²) in [6.45, 7) is 11.6. The van der Waals surface area contributed by atoms with Crippen molar-refractivity contribution in [2.75, 3.05) is 39.9 Å². The van der Waals surface area contributed by atoms with Gasteiger partial charge in [0.1, 0.15) is 0 Å². The third-order valence-electron chi connectivity index (χ3n) is 5.66. The third-order valence-corrected chi connectivity index (χ3v) is 5.66. The van der Waals surface area contributed by atoms with Gasteiger partial charge in [-0.25, -0.2) is 0 Å². The lowest BCUT2D eigenvalue weighted by Gasteiger charge is -2.30. The normalized spacial score (nSPS) is 23.8. The quantitative estimate of drug-likeness (QED) is 0.429. The standard InChI is InChI=1S/C20H31N3O.HI/c1-16-5-7-17(8-6-16)19(2,3)13-22-18(21-4)23-11-9-20(14-23)10-12-24-15-20;/h5-8H,9-15H2,1-4H3,(H,21,22);1H. The van der Waals surface area contributed by atoms with Crippen LogP contribution in [0.2, 0.25) is 0 Å². The van der Waals surface area contributed by atoms with E-state index in [9.17, 15) is 0 Å².